The zero-order chi connectivity index (χ0) is 11.8. The lowest BCUT2D eigenvalue weighted by Crippen LogP contribution is -2.05. The number of hydrogen-bond acceptors (Lipinski definition) is 4. The van der Waals surface area contributed by atoms with Crippen molar-refractivity contribution in [2.45, 2.75) is 32.6 Å². The minimum absolute atomic E-state index is 0.334. The maximum Gasteiger partial charge on any atom is 0.318 e. The van der Waals surface area contributed by atoms with E-state index in [2.05, 4.69) is 22.2 Å². The molecule has 90 valence electrons. The van der Waals surface area contributed by atoms with Crippen LogP contribution in [0.4, 0.5) is 5.82 Å². The van der Waals surface area contributed by atoms with E-state index in [1.54, 1.807) is 6.20 Å². The lowest BCUT2D eigenvalue weighted by Gasteiger charge is -2.07. The van der Waals surface area contributed by atoms with Gasteiger partial charge in [0.05, 0.1) is 13.3 Å². The SMILES string of the molecule is CCCCCCNc1nc(OC)ncc1Cl. The van der Waals surface area contributed by atoms with E-state index < -0.39 is 0 Å². The number of nitrogens with one attached hydrogen (secondary N) is 1. The summed E-state index contributed by atoms with van der Waals surface area (Å²) in [7, 11) is 1.54. The summed E-state index contributed by atoms with van der Waals surface area (Å²) in [6, 6.07) is 0.334. The summed E-state index contributed by atoms with van der Waals surface area (Å²) < 4.78 is 4.93. The van der Waals surface area contributed by atoms with Gasteiger partial charge in [0.1, 0.15) is 5.02 Å². The molecule has 1 rings (SSSR count). The fourth-order valence-electron chi connectivity index (χ4n) is 1.33. The smallest absolute Gasteiger partial charge is 0.318 e. The molecule has 1 aromatic heterocycles. The van der Waals surface area contributed by atoms with Crippen molar-refractivity contribution in [1.29, 1.82) is 0 Å². The third-order valence-electron chi connectivity index (χ3n) is 2.23. The molecular formula is C11H18ClN3O. The van der Waals surface area contributed by atoms with E-state index in [9.17, 15) is 0 Å². The van der Waals surface area contributed by atoms with Crippen molar-refractivity contribution in [3.63, 3.8) is 0 Å². The van der Waals surface area contributed by atoms with Crippen LogP contribution in [0.3, 0.4) is 0 Å². The molecule has 0 spiro atoms. The van der Waals surface area contributed by atoms with Crippen LogP contribution in [0.15, 0.2) is 6.20 Å². The summed E-state index contributed by atoms with van der Waals surface area (Å²) in [4.78, 5) is 8.04. The van der Waals surface area contributed by atoms with Gasteiger partial charge >= 0.3 is 6.01 Å². The maximum atomic E-state index is 5.95. The van der Waals surface area contributed by atoms with Crippen LogP contribution >= 0.6 is 11.6 Å². The highest BCUT2D eigenvalue weighted by atomic mass is 35.5. The van der Waals surface area contributed by atoms with Gasteiger partial charge < -0.3 is 10.1 Å². The molecule has 0 bridgehead atoms. The lowest BCUT2D eigenvalue weighted by atomic mass is 10.2. The number of ether oxygens (including phenoxy) is 1. The fourth-order valence-corrected chi connectivity index (χ4v) is 1.49. The molecular weight excluding hydrogens is 226 g/mol. The Morgan fingerprint density at radius 1 is 1.38 bits per heavy atom. The van der Waals surface area contributed by atoms with E-state index in [1.807, 2.05) is 0 Å². The highest BCUT2D eigenvalue weighted by molar-refractivity contribution is 6.32. The zero-order valence-corrected chi connectivity index (χ0v) is 10.5. The molecule has 4 nitrogen and oxygen atoms in total. The summed E-state index contributed by atoms with van der Waals surface area (Å²) in [6.45, 7) is 3.07. The van der Waals surface area contributed by atoms with Crippen molar-refractivity contribution >= 4 is 17.4 Å². The van der Waals surface area contributed by atoms with Crippen LogP contribution in [-0.2, 0) is 0 Å². The minimum atomic E-state index is 0.334. The molecule has 0 saturated heterocycles. The first kappa shape index (κ1) is 13.0. The van der Waals surface area contributed by atoms with Crippen molar-refractivity contribution in [2.24, 2.45) is 0 Å². The first-order valence-corrected chi connectivity index (χ1v) is 5.96. The number of unbranched alkanes of at least 4 members (excludes halogenated alkanes) is 3. The predicted octanol–water partition coefficient (Wildman–Crippen LogP) is 3.13. The van der Waals surface area contributed by atoms with Gasteiger partial charge in [0.2, 0.25) is 0 Å². The molecule has 0 radical (unpaired) electrons. The Hall–Kier alpha value is -1.03. The minimum Gasteiger partial charge on any atom is -0.467 e. The maximum absolute atomic E-state index is 5.95. The van der Waals surface area contributed by atoms with Gasteiger partial charge in [-0.25, -0.2) is 4.98 Å². The van der Waals surface area contributed by atoms with Crippen LogP contribution in [0.1, 0.15) is 32.6 Å². The largest absolute Gasteiger partial charge is 0.467 e. The van der Waals surface area contributed by atoms with E-state index in [-0.39, 0.29) is 0 Å². The Balaban J connectivity index is 2.40. The highest BCUT2D eigenvalue weighted by Gasteiger charge is 2.04. The van der Waals surface area contributed by atoms with Crippen LogP contribution in [0.25, 0.3) is 0 Å². The van der Waals surface area contributed by atoms with Gasteiger partial charge in [-0.05, 0) is 6.42 Å². The number of halogens is 1. The van der Waals surface area contributed by atoms with Crippen molar-refractivity contribution in [2.75, 3.05) is 19.0 Å². The Kier molecular flexibility index (Phi) is 5.93. The predicted molar refractivity (Wildman–Crippen MR) is 66.2 cm³/mol. The second kappa shape index (κ2) is 7.28. The van der Waals surface area contributed by atoms with Crippen molar-refractivity contribution in [3.05, 3.63) is 11.2 Å². The number of nitrogens with zero attached hydrogens (tertiary/aromatic N) is 2. The standard InChI is InChI=1S/C11H18ClN3O/c1-3-4-5-6-7-13-10-9(12)8-14-11(15-10)16-2/h8H,3-7H2,1-2H3,(H,13,14,15). The molecule has 0 unspecified atom stereocenters. The summed E-state index contributed by atoms with van der Waals surface area (Å²) in [5.74, 6) is 0.644. The summed E-state index contributed by atoms with van der Waals surface area (Å²) >= 11 is 5.95. The van der Waals surface area contributed by atoms with Gasteiger partial charge in [0.25, 0.3) is 0 Å². The molecule has 5 heteroatoms. The molecule has 0 atom stereocenters. The number of anilines is 1. The summed E-state index contributed by atoms with van der Waals surface area (Å²) in [5.41, 5.74) is 0. The normalized spacial score (nSPS) is 10.2. The van der Waals surface area contributed by atoms with Gasteiger partial charge in [-0.15, -0.1) is 0 Å². The molecule has 1 aromatic rings. The summed E-state index contributed by atoms with van der Waals surface area (Å²) in [6.07, 6.45) is 6.40. The van der Waals surface area contributed by atoms with E-state index in [0.717, 1.165) is 13.0 Å². The van der Waals surface area contributed by atoms with Gasteiger partial charge in [0.15, 0.2) is 5.82 Å². The molecule has 0 aromatic carbocycles. The monoisotopic (exact) mass is 243 g/mol. The molecule has 0 saturated carbocycles. The molecule has 0 aliphatic carbocycles. The van der Waals surface area contributed by atoms with E-state index in [0.29, 0.717) is 16.9 Å². The molecule has 16 heavy (non-hydrogen) atoms. The van der Waals surface area contributed by atoms with Crippen LogP contribution in [0, 0.1) is 0 Å². The van der Waals surface area contributed by atoms with E-state index >= 15 is 0 Å². The van der Waals surface area contributed by atoms with Crippen LogP contribution in [-0.4, -0.2) is 23.6 Å². The zero-order valence-electron chi connectivity index (χ0n) is 9.79. The Bertz CT molecular complexity index is 320. The van der Waals surface area contributed by atoms with E-state index in [4.69, 9.17) is 16.3 Å². The van der Waals surface area contributed by atoms with Crippen LogP contribution in [0.5, 0.6) is 6.01 Å². The molecule has 0 aliphatic heterocycles. The number of rotatable bonds is 7. The number of hydrogen-bond donors (Lipinski definition) is 1. The average Bonchev–Trinajstić information content (AvgIpc) is 2.31. The van der Waals surface area contributed by atoms with Crippen LogP contribution < -0.4 is 10.1 Å². The van der Waals surface area contributed by atoms with Gasteiger partial charge in [-0.1, -0.05) is 37.8 Å². The van der Waals surface area contributed by atoms with Gasteiger partial charge in [-0.3, -0.25) is 0 Å². The molecule has 1 heterocycles. The summed E-state index contributed by atoms with van der Waals surface area (Å²) in [5, 5.41) is 3.71. The molecule has 0 fully saturated rings. The Morgan fingerprint density at radius 2 is 2.19 bits per heavy atom. The third kappa shape index (κ3) is 4.23. The number of methoxy groups -OCH3 is 1. The van der Waals surface area contributed by atoms with Crippen LogP contribution in [0.2, 0.25) is 5.02 Å². The van der Waals surface area contributed by atoms with E-state index in [1.165, 1.54) is 26.4 Å². The first-order valence-electron chi connectivity index (χ1n) is 5.58. The van der Waals surface area contributed by atoms with Crippen molar-refractivity contribution in [3.8, 4) is 6.01 Å². The quantitative estimate of drug-likeness (QED) is 0.748. The molecule has 0 aliphatic rings. The Labute approximate surface area is 101 Å². The lowest BCUT2D eigenvalue weighted by molar-refractivity contribution is 0.380. The number of aromatic nitrogens is 2. The second-order valence-electron chi connectivity index (χ2n) is 3.54. The van der Waals surface area contributed by atoms with Crippen molar-refractivity contribution < 1.29 is 4.74 Å². The van der Waals surface area contributed by atoms with Gasteiger partial charge in [0, 0.05) is 6.54 Å². The molecule has 1 N–H and O–H groups in total. The second-order valence-corrected chi connectivity index (χ2v) is 3.95. The first-order chi connectivity index (χ1) is 7.77. The third-order valence-corrected chi connectivity index (χ3v) is 2.50. The van der Waals surface area contributed by atoms with Crippen molar-refractivity contribution in [1.82, 2.24) is 9.97 Å². The Morgan fingerprint density at radius 3 is 2.88 bits per heavy atom. The topological polar surface area (TPSA) is 47.0 Å². The highest BCUT2D eigenvalue weighted by Crippen LogP contribution is 2.19. The van der Waals surface area contributed by atoms with Gasteiger partial charge in [-0.2, -0.15) is 4.98 Å². The fraction of sp³-hybridized carbons (Fsp3) is 0.636. The average molecular weight is 244 g/mol. The molecule has 0 amide bonds.